The Morgan fingerprint density at radius 1 is 1.25 bits per heavy atom. The predicted molar refractivity (Wildman–Crippen MR) is 67.7 cm³/mol. The highest BCUT2D eigenvalue weighted by Crippen LogP contribution is 2.30. The maximum Gasteiger partial charge on any atom is 0.416 e. The number of hydrogen-bond acceptors (Lipinski definition) is 4. The van der Waals surface area contributed by atoms with E-state index in [0.29, 0.717) is 19.7 Å². The Bertz CT molecular complexity index is 381. The van der Waals surface area contributed by atoms with Crippen molar-refractivity contribution in [3.63, 3.8) is 0 Å². The molecular formula is C13H18F3NO3. The van der Waals surface area contributed by atoms with E-state index in [9.17, 15) is 18.3 Å². The molecule has 0 aliphatic rings. The van der Waals surface area contributed by atoms with E-state index in [4.69, 9.17) is 9.47 Å². The summed E-state index contributed by atoms with van der Waals surface area (Å²) in [5, 5.41) is 12.5. The summed E-state index contributed by atoms with van der Waals surface area (Å²) in [4.78, 5) is 0. The van der Waals surface area contributed by atoms with Crippen molar-refractivity contribution >= 4 is 0 Å². The molecule has 4 nitrogen and oxygen atoms in total. The lowest BCUT2D eigenvalue weighted by Gasteiger charge is -2.13. The van der Waals surface area contributed by atoms with Crippen LogP contribution in [0.5, 0.6) is 5.75 Å². The van der Waals surface area contributed by atoms with Gasteiger partial charge >= 0.3 is 6.18 Å². The molecule has 0 saturated carbocycles. The second-order valence-electron chi connectivity index (χ2n) is 4.18. The highest BCUT2D eigenvalue weighted by molar-refractivity contribution is 5.28. The van der Waals surface area contributed by atoms with Crippen molar-refractivity contribution in [3.05, 3.63) is 29.8 Å². The van der Waals surface area contributed by atoms with Gasteiger partial charge in [-0.05, 0) is 24.3 Å². The van der Waals surface area contributed by atoms with E-state index < -0.39 is 17.8 Å². The van der Waals surface area contributed by atoms with Crippen LogP contribution in [0.25, 0.3) is 0 Å². The van der Waals surface area contributed by atoms with Crippen molar-refractivity contribution in [3.8, 4) is 5.75 Å². The molecule has 0 bridgehead atoms. The summed E-state index contributed by atoms with van der Waals surface area (Å²) in [6.45, 7) is 1.47. The SMILES string of the molecule is COCCNCC(O)COc1ccc(C(F)(F)F)cc1. The second kappa shape index (κ2) is 8.08. The average molecular weight is 293 g/mol. The molecule has 0 aliphatic heterocycles. The fraction of sp³-hybridized carbons (Fsp3) is 0.538. The number of aliphatic hydroxyl groups excluding tert-OH is 1. The number of hydrogen-bond donors (Lipinski definition) is 2. The van der Waals surface area contributed by atoms with Gasteiger partial charge < -0.3 is 19.9 Å². The van der Waals surface area contributed by atoms with Crippen LogP contribution in [0.4, 0.5) is 13.2 Å². The molecule has 0 spiro atoms. The monoisotopic (exact) mass is 293 g/mol. The fourth-order valence-electron chi connectivity index (χ4n) is 1.43. The standard InChI is InChI=1S/C13H18F3NO3/c1-19-7-6-17-8-11(18)9-20-12-4-2-10(3-5-12)13(14,15)16/h2-5,11,17-18H,6-9H2,1H3. The number of methoxy groups -OCH3 is 1. The lowest BCUT2D eigenvalue weighted by Crippen LogP contribution is -2.33. The van der Waals surface area contributed by atoms with E-state index in [2.05, 4.69) is 5.32 Å². The largest absolute Gasteiger partial charge is 0.491 e. The van der Waals surface area contributed by atoms with Crippen LogP contribution in [0.3, 0.4) is 0 Å². The summed E-state index contributed by atoms with van der Waals surface area (Å²) in [7, 11) is 1.58. The molecule has 1 aromatic rings. The molecule has 1 rings (SSSR count). The van der Waals surface area contributed by atoms with Crippen LogP contribution >= 0.6 is 0 Å². The number of rotatable bonds is 8. The van der Waals surface area contributed by atoms with Gasteiger partial charge in [-0.15, -0.1) is 0 Å². The van der Waals surface area contributed by atoms with E-state index >= 15 is 0 Å². The number of alkyl halides is 3. The highest BCUT2D eigenvalue weighted by atomic mass is 19.4. The molecule has 1 aromatic carbocycles. The molecule has 0 heterocycles. The van der Waals surface area contributed by atoms with Crippen LogP contribution < -0.4 is 10.1 Å². The summed E-state index contributed by atoms with van der Waals surface area (Å²) >= 11 is 0. The van der Waals surface area contributed by atoms with Crippen molar-refractivity contribution in [2.75, 3.05) is 33.4 Å². The van der Waals surface area contributed by atoms with Crippen molar-refractivity contribution in [2.45, 2.75) is 12.3 Å². The predicted octanol–water partition coefficient (Wildman–Crippen LogP) is 1.68. The van der Waals surface area contributed by atoms with Crippen molar-refractivity contribution < 1.29 is 27.8 Å². The molecule has 20 heavy (non-hydrogen) atoms. The quantitative estimate of drug-likeness (QED) is 0.716. The first-order valence-electron chi connectivity index (χ1n) is 6.11. The Hall–Kier alpha value is -1.31. The smallest absolute Gasteiger partial charge is 0.416 e. The van der Waals surface area contributed by atoms with Gasteiger partial charge in [0.2, 0.25) is 0 Å². The zero-order chi connectivity index (χ0) is 15.0. The summed E-state index contributed by atoms with van der Waals surface area (Å²) < 4.78 is 47.0. The van der Waals surface area contributed by atoms with Crippen LogP contribution in [-0.2, 0) is 10.9 Å². The fourth-order valence-corrected chi connectivity index (χ4v) is 1.43. The third-order valence-corrected chi connectivity index (χ3v) is 2.49. The van der Waals surface area contributed by atoms with Crippen molar-refractivity contribution in [1.29, 1.82) is 0 Å². The Kier molecular flexibility index (Phi) is 6.77. The van der Waals surface area contributed by atoms with Gasteiger partial charge in [0.25, 0.3) is 0 Å². The van der Waals surface area contributed by atoms with Gasteiger partial charge in [0.15, 0.2) is 0 Å². The maximum atomic E-state index is 12.3. The van der Waals surface area contributed by atoms with E-state index in [-0.39, 0.29) is 12.4 Å². The lowest BCUT2D eigenvalue weighted by molar-refractivity contribution is -0.137. The topological polar surface area (TPSA) is 50.7 Å². The zero-order valence-corrected chi connectivity index (χ0v) is 11.1. The molecule has 7 heteroatoms. The molecule has 0 saturated heterocycles. The molecule has 0 radical (unpaired) electrons. The first-order chi connectivity index (χ1) is 9.43. The van der Waals surface area contributed by atoms with Crippen molar-refractivity contribution in [2.24, 2.45) is 0 Å². The minimum Gasteiger partial charge on any atom is -0.491 e. The van der Waals surface area contributed by atoms with Gasteiger partial charge in [0.1, 0.15) is 18.5 Å². The van der Waals surface area contributed by atoms with Gasteiger partial charge in [-0.25, -0.2) is 0 Å². The highest BCUT2D eigenvalue weighted by Gasteiger charge is 2.30. The lowest BCUT2D eigenvalue weighted by atomic mass is 10.2. The van der Waals surface area contributed by atoms with Crippen LogP contribution in [-0.4, -0.2) is 44.6 Å². The van der Waals surface area contributed by atoms with Gasteiger partial charge in [0.05, 0.1) is 12.2 Å². The first-order valence-corrected chi connectivity index (χ1v) is 6.11. The van der Waals surface area contributed by atoms with Crippen LogP contribution in [0.15, 0.2) is 24.3 Å². The number of benzene rings is 1. The van der Waals surface area contributed by atoms with Crippen LogP contribution in [0.2, 0.25) is 0 Å². The molecule has 2 N–H and O–H groups in total. The number of nitrogens with one attached hydrogen (secondary N) is 1. The summed E-state index contributed by atoms with van der Waals surface area (Å²) in [5.74, 6) is 0.286. The van der Waals surface area contributed by atoms with Crippen molar-refractivity contribution in [1.82, 2.24) is 5.32 Å². The Morgan fingerprint density at radius 3 is 2.45 bits per heavy atom. The number of halogens is 3. The Morgan fingerprint density at radius 2 is 1.90 bits per heavy atom. The molecule has 1 unspecified atom stereocenters. The molecule has 0 aliphatic carbocycles. The molecule has 114 valence electrons. The van der Waals surface area contributed by atoms with E-state index in [1.54, 1.807) is 7.11 Å². The van der Waals surface area contributed by atoms with E-state index in [0.717, 1.165) is 12.1 Å². The summed E-state index contributed by atoms with van der Waals surface area (Å²) in [6, 6.07) is 4.35. The zero-order valence-electron chi connectivity index (χ0n) is 11.1. The van der Waals surface area contributed by atoms with Crippen LogP contribution in [0.1, 0.15) is 5.56 Å². The maximum absolute atomic E-state index is 12.3. The number of aliphatic hydroxyl groups is 1. The van der Waals surface area contributed by atoms with Crippen LogP contribution in [0, 0.1) is 0 Å². The first kappa shape index (κ1) is 16.7. The van der Waals surface area contributed by atoms with E-state index in [1.807, 2.05) is 0 Å². The van der Waals surface area contributed by atoms with Gasteiger partial charge in [-0.1, -0.05) is 0 Å². The number of ether oxygens (including phenoxy) is 2. The van der Waals surface area contributed by atoms with E-state index in [1.165, 1.54) is 12.1 Å². The Labute approximate surface area is 115 Å². The molecular weight excluding hydrogens is 275 g/mol. The summed E-state index contributed by atoms with van der Waals surface area (Å²) in [6.07, 6.45) is -5.10. The minimum absolute atomic E-state index is 0.00530. The second-order valence-corrected chi connectivity index (χ2v) is 4.18. The molecule has 0 aromatic heterocycles. The Balaban J connectivity index is 2.31. The molecule has 0 fully saturated rings. The average Bonchev–Trinajstić information content (AvgIpc) is 2.41. The minimum atomic E-state index is -4.36. The molecule has 1 atom stereocenters. The van der Waals surface area contributed by atoms with Gasteiger partial charge in [-0.3, -0.25) is 0 Å². The third kappa shape index (κ3) is 6.23. The molecule has 0 amide bonds. The summed E-state index contributed by atoms with van der Waals surface area (Å²) in [5.41, 5.74) is -0.730. The van der Waals surface area contributed by atoms with Gasteiger partial charge in [0, 0.05) is 20.2 Å². The normalized spacial score (nSPS) is 13.2. The van der Waals surface area contributed by atoms with Gasteiger partial charge in [-0.2, -0.15) is 13.2 Å². The third-order valence-electron chi connectivity index (χ3n) is 2.49.